The van der Waals surface area contributed by atoms with E-state index < -0.39 is 0 Å². The molecule has 0 aromatic rings. The van der Waals surface area contributed by atoms with Gasteiger partial charge < -0.3 is 15.0 Å². The molecule has 16 heavy (non-hydrogen) atoms. The van der Waals surface area contributed by atoms with Crippen molar-refractivity contribution >= 4 is 5.91 Å². The molecule has 1 heterocycles. The third kappa shape index (κ3) is 4.94. The number of amides is 1. The first-order valence-electron chi connectivity index (χ1n) is 6.30. The lowest BCUT2D eigenvalue weighted by Crippen LogP contribution is -2.45. The molecule has 1 fully saturated rings. The highest BCUT2D eigenvalue weighted by Crippen LogP contribution is 2.04. The molecule has 1 saturated heterocycles. The molecule has 0 bridgehead atoms. The van der Waals surface area contributed by atoms with E-state index in [0.29, 0.717) is 13.0 Å². The standard InChI is InChI=1S/C12H24N2O2/c1-3-4-5-6-12(15)14(2)10-11-9-13-7-8-16-11/h11,13H,3-10H2,1-2H3. The van der Waals surface area contributed by atoms with E-state index in [1.165, 1.54) is 0 Å². The van der Waals surface area contributed by atoms with E-state index in [2.05, 4.69) is 12.2 Å². The summed E-state index contributed by atoms with van der Waals surface area (Å²) in [5, 5.41) is 3.27. The van der Waals surface area contributed by atoms with Gasteiger partial charge in [-0.2, -0.15) is 0 Å². The fourth-order valence-electron chi connectivity index (χ4n) is 1.86. The SMILES string of the molecule is CCCCCC(=O)N(C)CC1CNCCO1. The lowest BCUT2D eigenvalue weighted by Gasteiger charge is -2.28. The van der Waals surface area contributed by atoms with Gasteiger partial charge in [-0.25, -0.2) is 0 Å². The molecule has 0 spiro atoms. The van der Waals surface area contributed by atoms with Crippen LogP contribution in [0.15, 0.2) is 0 Å². The van der Waals surface area contributed by atoms with Crippen molar-refractivity contribution < 1.29 is 9.53 Å². The third-order valence-electron chi connectivity index (χ3n) is 2.90. The van der Waals surface area contributed by atoms with Crippen LogP contribution >= 0.6 is 0 Å². The van der Waals surface area contributed by atoms with Gasteiger partial charge in [0.05, 0.1) is 12.7 Å². The van der Waals surface area contributed by atoms with Crippen LogP contribution in [0.5, 0.6) is 0 Å². The molecule has 0 aromatic carbocycles. The highest BCUT2D eigenvalue weighted by Gasteiger charge is 2.17. The van der Waals surface area contributed by atoms with Crippen molar-refractivity contribution in [2.45, 2.75) is 38.7 Å². The van der Waals surface area contributed by atoms with Crippen molar-refractivity contribution in [3.8, 4) is 0 Å². The van der Waals surface area contributed by atoms with Gasteiger partial charge in [-0.05, 0) is 6.42 Å². The van der Waals surface area contributed by atoms with Crippen LogP contribution in [0.2, 0.25) is 0 Å². The second-order valence-electron chi connectivity index (χ2n) is 4.43. The monoisotopic (exact) mass is 228 g/mol. The number of hydrogen-bond acceptors (Lipinski definition) is 3. The number of morpholine rings is 1. The Morgan fingerprint density at radius 2 is 2.31 bits per heavy atom. The van der Waals surface area contributed by atoms with Crippen LogP contribution in [-0.4, -0.2) is 50.2 Å². The Kier molecular flexibility index (Phi) is 6.42. The summed E-state index contributed by atoms with van der Waals surface area (Å²) in [6.45, 7) is 5.38. The Labute approximate surface area is 98.3 Å². The first-order chi connectivity index (χ1) is 7.74. The quantitative estimate of drug-likeness (QED) is 0.690. The molecule has 0 saturated carbocycles. The summed E-state index contributed by atoms with van der Waals surface area (Å²) < 4.78 is 5.57. The predicted molar refractivity (Wildman–Crippen MR) is 64.4 cm³/mol. The molecule has 1 aliphatic heterocycles. The minimum absolute atomic E-state index is 0.161. The van der Waals surface area contributed by atoms with Crippen LogP contribution in [0.25, 0.3) is 0 Å². The van der Waals surface area contributed by atoms with Crippen molar-refractivity contribution in [1.82, 2.24) is 10.2 Å². The number of unbranched alkanes of at least 4 members (excludes halogenated alkanes) is 2. The number of likely N-dealkylation sites (N-methyl/N-ethyl adjacent to an activating group) is 1. The number of nitrogens with one attached hydrogen (secondary N) is 1. The lowest BCUT2D eigenvalue weighted by atomic mass is 10.2. The topological polar surface area (TPSA) is 41.6 Å². The molecule has 1 amide bonds. The summed E-state index contributed by atoms with van der Waals surface area (Å²) in [6, 6.07) is 0. The Morgan fingerprint density at radius 1 is 1.50 bits per heavy atom. The van der Waals surface area contributed by atoms with Gasteiger partial charge in [0.1, 0.15) is 0 Å². The van der Waals surface area contributed by atoms with Gasteiger partial charge in [-0.3, -0.25) is 4.79 Å². The number of carbonyl (C=O) groups excluding carboxylic acids is 1. The summed E-state index contributed by atoms with van der Waals surface area (Å²) in [6.07, 6.45) is 4.13. The molecule has 1 unspecified atom stereocenters. The predicted octanol–water partition coefficient (Wildman–Crippen LogP) is 1.01. The van der Waals surface area contributed by atoms with Crippen LogP contribution < -0.4 is 5.32 Å². The zero-order chi connectivity index (χ0) is 11.8. The molecular weight excluding hydrogens is 204 g/mol. The van der Waals surface area contributed by atoms with E-state index >= 15 is 0 Å². The second-order valence-corrected chi connectivity index (χ2v) is 4.43. The van der Waals surface area contributed by atoms with E-state index in [-0.39, 0.29) is 12.0 Å². The largest absolute Gasteiger partial charge is 0.374 e. The maximum atomic E-state index is 11.7. The highest BCUT2D eigenvalue weighted by molar-refractivity contribution is 5.75. The molecule has 0 radical (unpaired) electrons. The molecular formula is C12H24N2O2. The van der Waals surface area contributed by atoms with Gasteiger partial charge in [0.25, 0.3) is 0 Å². The molecule has 4 nitrogen and oxygen atoms in total. The van der Waals surface area contributed by atoms with Gasteiger partial charge in [0.2, 0.25) is 5.91 Å². The van der Waals surface area contributed by atoms with Crippen molar-refractivity contribution in [2.24, 2.45) is 0 Å². The number of ether oxygens (including phenoxy) is 1. The number of hydrogen-bond donors (Lipinski definition) is 1. The summed E-state index contributed by atoms with van der Waals surface area (Å²) in [4.78, 5) is 13.5. The van der Waals surface area contributed by atoms with Crippen LogP contribution in [-0.2, 0) is 9.53 Å². The van der Waals surface area contributed by atoms with E-state index in [1.54, 1.807) is 4.90 Å². The maximum Gasteiger partial charge on any atom is 0.222 e. The van der Waals surface area contributed by atoms with Gasteiger partial charge in [0, 0.05) is 33.1 Å². The van der Waals surface area contributed by atoms with Gasteiger partial charge in [0.15, 0.2) is 0 Å². The molecule has 0 aliphatic carbocycles. The zero-order valence-electron chi connectivity index (χ0n) is 10.5. The second kappa shape index (κ2) is 7.63. The number of rotatable bonds is 6. The van der Waals surface area contributed by atoms with Crippen LogP contribution in [0, 0.1) is 0 Å². The van der Waals surface area contributed by atoms with Crippen molar-refractivity contribution in [1.29, 1.82) is 0 Å². The summed E-state index contributed by atoms with van der Waals surface area (Å²) in [5.74, 6) is 0.239. The van der Waals surface area contributed by atoms with Crippen molar-refractivity contribution in [3.63, 3.8) is 0 Å². The Hall–Kier alpha value is -0.610. The fourth-order valence-corrected chi connectivity index (χ4v) is 1.86. The van der Waals surface area contributed by atoms with Crippen molar-refractivity contribution in [2.75, 3.05) is 33.3 Å². The lowest BCUT2D eigenvalue weighted by molar-refractivity contribution is -0.132. The number of carbonyl (C=O) groups is 1. The average molecular weight is 228 g/mol. The van der Waals surface area contributed by atoms with Crippen LogP contribution in [0.3, 0.4) is 0 Å². The molecule has 1 rings (SSSR count). The third-order valence-corrected chi connectivity index (χ3v) is 2.90. The summed E-state index contributed by atoms with van der Waals surface area (Å²) in [5.41, 5.74) is 0. The minimum atomic E-state index is 0.161. The average Bonchev–Trinajstić information content (AvgIpc) is 2.30. The van der Waals surface area contributed by atoms with Crippen LogP contribution in [0.4, 0.5) is 0 Å². The normalized spacial score (nSPS) is 20.8. The zero-order valence-corrected chi connectivity index (χ0v) is 10.5. The summed E-state index contributed by atoms with van der Waals surface area (Å²) >= 11 is 0. The van der Waals surface area contributed by atoms with E-state index in [0.717, 1.165) is 39.0 Å². The van der Waals surface area contributed by atoms with E-state index in [9.17, 15) is 4.79 Å². The van der Waals surface area contributed by atoms with Crippen LogP contribution in [0.1, 0.15) is 32.6 Å². The summed E-state index contributed by atoms with van der Waals surface area (Å²) in [7, 11) is 1.87. The maximum absolute atomic E-state index is 11.7. The molecule has 1 N–H and O–H groups in total. The molecule has 94 valence electrons. The Bertz CT molecular complexity index is 203. The first kappa shape index (κ1) is 13.5. The Morgan fingerprint density at radius 3 is 2.94 bits per heavy atom. The van der Waals surface area contributed by atoms with E-state index in [4.69, 9.17) is 4.74 Å². The fraction of sp³-hybridized carbons (Fsp3) is 0.917. The Balaban J connectivity index is 2.16. The highest BCUT2D eigenvalue weighted by atomic mass is 16.5. The van der Waals surface area contributed by atoms with Crippen molar-refractivity contribution in [3.05, 3.63) is 0 Å². The van der Waals surface area contributed by atoms with E-state index in [1.807, 2.05) is 7.05 Å². The van der Waals surface area contributed by atoms with Gasteiger partial charge >= 0.3 is 0 Å². The first-order valence-corrected chi connectivity index (χ1v) is 6.30. The molecule has 1 atom stereocenters. The smallest absolute Gasteiger partial charge is 0.222 e. The molecule has 1 aliphatic rings. The molecule has 4 heteroatoms. The minimum Gasteiger partial charge on any atom is -0.374 e. The van der Waals surface area contributed by atoms with Gasteiger partial charge in [-0.1, -0.05) is 19.8 Å². The molecule has 0 aromatic heterocycles. The number of nitrogens with zero attached hydrogens (tertiary/aromatic N) is 1. The van der Waals surface area contributed by atoms with Gasteiger partial charge in [-0.15, -0.1) is 0 Å².